The second-order valence-corrected chi connectivity index (χ2v) is 4.95. The van der Waals surface area contributed by atoms with Gasteiger partial charge in [-0.3, -0.25) is 14.9 Å². The fourth-order valence-corrected chi connectivity index (χ4v) is 2.47. The van der Waals surface area contributed by atoms with E-state index in [9.17, 15) is 14.9 Å². The van der Waals surface area contributed by atoms with Crippen molar-refractivity contribution < 1.29 is 9.72 Å². The first-order valence-corrected chi connectivity index (χ1v) is 4.86. The fraction of sp³-hybridized carbons (Fsp3) is 0.167. The van der Waals surface area contributed by atoms with Gasteiger partial charge < -0.3 is 0 Å². The molecule has 1 aromatic rings. The van der Waals surface area contributed by atoms with E-state index >= 15 is 0 Å². The van der Waals surface area contributed by atoms with Gasteiger partial charge >= 0.3 is 0 Å². The number of nitrogens with zero attached hydrogens (tertiary/aromatic N) is 1. The molecule has 0 unspecified atom stereocenters. The lowest BCUT2D eigenvalue weighted by atomic mass is 10.3. The van der Waals surface area contributed by atoms with E-state index in [1.165, 1.54) is 13.0 Å². The smallest absolute Gasteiger partial charge is 0.294 e. The molecule has 1 rings (SSSR count). The third-order valence-corrected chi connectivity index (χ3v) is 3.44. The van der Waals surface area contributed by atoms with E-state index in [2.05, 4.69) is 0 Å². The minimum atomic E-state index is -0.481. The first-order valence-electron chi connectivity index (χ1n) is 2.97. The minimum Gasteiger partial charge on any atom is -0.294 e. The topological polar surface area (TPSA) is 60.2 Å². The number of rotatable bonds is 2. The number of Topliss-reactive ketones (excluding diaryl/α,β-unsaturated/α-hetero) is 1. The van der Waals surface area contributed by atoms with Gasteiger partial charge in [0.15, 0.2) is 5.78 Å². The molecule has 0 aliphatic carbocycles. The van der Waals surface area contributed by atoms with E-state index in [1.807, 2.05) is 22.6 Å². The van der Waals surface area contributed by atoms with Gasteiger partial charge in [0.05, 0.1) is 9.80 Å². The Morgan fingerprint density at radius 2 is 2.33 bits per heavy atom. The molecule has 0 aromatic carbocycles. The highest BCUT2D eigenvalue weighted by atomic mass is 127. The maximum absolute atomic E-state index is 10.8. The highest BCUT2D eigenvalue weighted by Crippen LogP contribution is 2.30. The maximum atomic E-state index is 10.8. The van der Waals surface area contributed by atoms with E-state index in [4.69, 9.17) is 0 Å². The van der Waals surface area contributed by atoms with Crippen molar-refractivity contribution in [3.63, 3.8) is 0 Å². The zero-order chi connectivity index (χ0) is 9.30. The zero-order valence-corrected chi connectivity index (χ0v) is 9.01. The normalized spacial score (nSPS) is 9.83. The summed E-state index contributed by atoms with van der Waals surface area (Å²) in [5.74, 6) is -0.133. The Labute approximate surface area is 85.9 Å². The predicted octanol–water partition coefficient (Wildman–Crippen LogP) is 2.46. The van der Waals surface area contributed by atoms with Gasteiger partial charge in [0.2, 0.25) is 0 Å². The summed E-state index contributed by atoms with van der Waals surface area (Å²) >= 11 is 3.00. The predicted molar refractivity (Wildman–Crippen MR) is 53.7 cm³/mol. The molecule has 1 aromatic heterocycles. The molecule has 12 heavy (non-hydrogen) atoms. The quantitative estimate of drug-likeness (QED) is 0.364. The van der Waals surface area contributed by atoms with Crippen molar-refractivity contribution in [3.8, 4) is 0 Å². The minimum absolute atomic E-state index is 0.0193. The Bertz CT molecular complexity index is 347. The summed E-state index contributed by atoms with van der Waals surface area (Å²) in [6, 6.07) is 1.31. The highest BCUT2D eigenvalue weighted by molar-refractivity contribution is 14.1. The van der Waals surface area contributed by atoms with Crippen LogP contribution in [0.4, 0.5) is 5.69 Å². The monoisotopic (exact) mass is 297 g/mol. The van der Waals surface area contributed by atoms with E-state index < -0.39 is 4.92 Å². The van der Waals surface area contributed by atoms with Gasteiger partial charge in [-0.1, -0.05) is 0 Å². The molecule has 0 fully saturated rings. The Morgan fingerprint density at radius 1 is 1.75 bits per heavy atom. The summed E-state index contributed by atoms with van der Waals surface area (Å²) in [5, 5.41) is 10.4. The average Bonchev–Trinajstić information content (AvgIpc) is 2.30. The first-order chi connectivity index (χ1) is 5.52. The van der Waals surface area contributed by atoms with Crippen LogP contribution in [0, 0.1) is 13.0 Å². The largest absolute Gasteiger partial charge is 0.294 e. The fourth-order valence-electron chi connectivity index (χ4n) is 0.657. The number of halogens is 1. The summed E-state index contributed by atoms with van der Waals surface area (Å²) < 4.78 is 0.544. The van der Waals surface area contributed by atoms with Gasteiger partial charge in [0.1, 0.15) is 2.88 Å². The Kier molecular flexibility index (Phi) is 2.78. The number of thiophene rings is 1. The average molecular weight is 297 g/mol. The summed E-state index contributed by atoms with van der Waals surface area (Å²) in [4.78, 5) is 21.1. The van der Waals surface area contributed by atoms with Gasteiger partial charge in [-0.05, 0) is 29.5 Å². The van der Waals surface area contributed by atoms with Gasteiger partial charge in [-0.25, -0.2) is 0 Å². The Morgan fingerprint density at radius 3 is 2.58 bits per heavy atom. The van der Waals surface area contributed by atoms with Crippen LogP contribution in [-0.4, -0.2) is 10.7 Å². The molecule has 6 heteroatoms. The Hall–Kier alpha value is -0.500. The third kappa shape index (κ3) is 1.81. The Balaban J connectivity index is 3.17. The maximum Gasteiger partial charge on any atom is 0.294 e. The lowest BCUT2D eigenvalue weighted by molar-refractivity contribution is -0.385. The van der Waals surface area contributed by atoms with Crippen LogP contribution in [0.1, 0.15) is 16.6 Å². The molecule has 64 valence electrons. The van der Waals surface area contributed by atoms with Crippen LogP contribution < -0.4 is 0 Å². The first kappa shape index (κ1) is 9.59. The van der Waals surface area contributed by atoms with Crippen LogP contribution in [0.5, 0.6) is 0 Å². The molecule has 0 aliphatic rings. The van der Waals surface area contributed by atoms with Crippen molar-refractivity contribution in [2.75, 3.05) is 0 Å². The van der Waals surface area contributed by atoms with Crippen molar-refractivity contribution in [1.29, 1.82) is 0 Å². The molecule has 0 amide bonds. The molecule has 0 spiro atoms. The number of hydrogen-bond acceptors (Lipinski definition) is 4. The summed E-state index contributed by atoms with van der Waals surface area (Å²) in [6.07, 6.45) is 0. The second kappa shape index (κ2) is 3.48. The molecule has 4 nitrogen and oxygen atoms in total. The van der Waals surface area contributed by atoms with E-state index in [-0.39, 0.29) is 11.5 Å². The van der Waals surface area contributed by atoms with E-state index in [1.54, 1.807) is 0 Å². The lowest BCUT2D eigenvalue weighted by Crippen LogP contribution is -1.87. The number of carbonyl (C=O) groups excluding carboxylic acids is 1. The molecule has 0 bridgehead atoms. The van der Waals surface area contributed by atoms with E-state index in [0.29, 0.717) is 7.76 Å². The number of hydrogen-bond donors (Lipinski definition) is 0. The van der Waals surface area contributed by atoms with Crippen LogP contribution >= 0.6 is 33.9 Å². The molecule has 0 N–H and O–H groups in total. The van der Waals surface area contributed by atoms with Crippen LogP contribution in [-0.2, 0) is 0 Å². The van der Waals surface area contributed by atoms with E-state index in [0.717, 1.165) is 11.3 Å². The molecule has 0 saturated heterocycles. The van der Waals surface area contributed by atoms with Crippen molar-refractivity contribution in [1.82, 2.24) is 0 Å². The highest BCUT2D eigenvalue weighted by Gasteiger charge is 2.18. The van der Waals surface area contributed by atoms with Crippen LogP contribution in [0.2, 0.25) is 0 Å². The molecule has 0 radical (unpaired) electrons. The van der Waals surface area contributed by atoms with Gasteiger partial charge in [-0.15, -0.1) is 11.3 Å². The molecular formula is C6H4INO3S. The zero-order valence-electron chi connectivity index (χ0n) is 6.04. The molecule has 0 atom stereocenters. The molecule has 1 heterocycles. The van der Waals surface area contributed by atoms with Crippen molar-refractivity contribution in [3.05, 3.63) is 23.9 Å². The third-order valence-electron chi connectivity index (χ3n) is 1.21. The van der Waals surface area contributed by atoms with Crippen LogP contribution in [0.3, 0.4) is 0 Å². The van der Waals surface area contributed by atoms with Gasteiger partial charge in [0, 0.05) is 6.07 Å². The van der Waals surface area contributed by atoms with Crippen molar-refractivity contribution in [2.45, 2.75) is 6.92 Å². The summed E-state index contributed by atoms with van der Waals surface area (Å²) in [6.45, 7) is 1.39. The van der Waals surface area contributed by atoms with Crippen molar-refractivity contribution >= 4 is 45.4 Å². The van der Waals surface area contributed by atoms with Gasteiger partial charge in [-0.2, -0.15) is 0 Å². The summed E-state index contributed by atoms with van der Waals surface area (Å²) in [5.41, 5.74) is 0.0193. The second-order valence-electron chi connectivity index (χ2n) is 2.08. The van der Waals surface area contributed by atoms with Crippen LogP contribution in [0.25, 0.3) is 0 Å². The number of carbonyl (C=O) groups is 1. The molecular weight excluding hydrogens is 293 g/mol. The standard InChI is InChI=1S/C6H4INO3S/c1-3(9)5-2-4(8(10)11)6(7)12-5/h2H,1H3. The van der Waals surface area contributed by atoms with Crippen molar-refractivity contribution in [2.24, 2.45) is 0 Å². The van der Waals surface area contributed by atoms with Crippen LogP contribution in [0.15, 0.2) is 6.07 Å². The van der Waals surface area contributed by atoms with Gasteiger partial charge in [0.25, 0.3) is 5.69 Å². The number of nitro groups is 1. The summed E-state index contributed by atoms with van der Waals surface area (Å²) in [7, 11) is 0. The lowest BCUT2D eigenvalue weighted by Gasteiger charge is -1.82. The molecule has 0 aliphatic heterocycles. The molecule has 0 saturated carbocycles. The number of ketones is 1. The SMILES string of the molecule is CC(=O)c1cc([N+](=O)[O-])c(I)s1.